The van der Waals surface area contributed by atoms with Gasteiger partial charge in [0.2, 0.25) is 5.95 Å². The molecule has 168 valence electrons. The molecule has 1 aliphatic carbocycles. The number of nitrogens with one attached hydrogen (secondary N) is 3. The Morgan fingerprint density at radius 3 is 2.12 bits per heavy atom. The number of hydrogen-bond acceptors (Lipinski definition) is 7. The van der Waals surface area contributed by atoms with E-state index in [1.165, 1.54) is 32.4 Å². The third kappa shape index (κ3) is 5.57. The Morgan fingerprint density at radius 1 is 0.812 bits per heavy atom. The van der Waals surface area contributed by atoms with Crippen molar-refractivity contribution in [1.29, 1.82) is 0 Å². The largest absolute Gasteiger partial charge is 0.497 e. The van der Waals surface area contributed by atoms with Crippen LogP contribution in [-0.2, 0) is 0 Å². The van der Waals surface area contributed by atoms with Gasteiger partial charge >= 0.3 is 0 Å². The van der Waals surface area contributed by atoms with Gasteiger partial charge in [-0.2, -0.15) is 9.97 Å². The molecule has 0 amide bonds. The van der Waals surface area contributed by atoms with Crippen LogP contribution in [0.15, 0.2) is 48.5 Å². The second-order valence-electron chi connectivity index (χ2n) is 7.77. The number of nitrogens with zero attached hydrogens (tertiary/aromatic N) is 2. The van der Waals surface area contributed by atoms with E-state index in [4.69, 9.17) is 9.47 Å². The zero-order chi connectivity index (χ0) is 22.3. The van der Waals surface area contributed by atoms with Crippen LogP contribution in [0.25, 0.3) is 0 Å². The van der Waals surface area contributed by atoms with Crippen molar-refractivity contribution in [2.45, 2.75) is 38.1 Å². The third-order valence-electron chi connectivity index (χ3n) is 5.45. The molecule has 8 heteroatoms. The van der Waals surface area contributed by atoms with Crippen molar-refractivity contribution in [3.8, 4) is 11.5 Å². The summed E-state index contributed by atoms with van der Waals surface area (Å²) in [6, 6.07) is 14.4. The third-order valence-corrected chi connectivity index (χ3v) is 5.45. The Morgan fingerprint density at radius 2 is 1.47 bits per heavy atom. The SMILES string of the molecule is COc1ccc(Nc2cc(Nc3ccc(F)c(OC)c3)nc(NC3CCCCC3)n2)cc1. The molecule has 1 fully saturated rings. The smallest absolute Gasteiger partial charge is 0.226 e. The molecule has 0 bridgehead atoms. The molecule has 0 aliphatic heterocycles. The highest BCUT2D eigenvalue weighted by Crippen LogP contribution is 2.27. The number of halogens is 1. The van der Waals surface area contributed by atoms with E-state index in [0.29, 0.717) is 29.3 Å². The van der Waals surface area contributed by atoms with E-state index in [1.807, 2.05) is 30.3 Å². The van der Waals surface area contributed by atoms with Gasteiger partial charge < -0.3 is 25.4 Å². The topological polar surface area (TPSA) is 80.3 Å². The van der Waals surface area contributed by atoms with Crippen LogP contribution in [0.2, 0.25) is 0 Å². The number of ether oxygens (including phenoxy) is 2. The van der Waals surface area contributed by atoms with E-state index in [0.717, 1.165) is 24.3 Å². The van der Waals surface area contributed by atoms with Gasteiger partial charge in [0, 0.05) is 29.5 Å². The van der Waals surface area contributed by atoms with Crippen LogP contribution in [0.4, 0.5) is 33.3 Å². The summed E-state index contributed by atoms with van der Waals surface area (Å²) in [4.78, 5) is 9.31. The lowest BCUT2D eigenvalue weighted by molar-refractivity contribution is 0.387. The van der Waals surface area contributed by atoms with Crippen LogP contribution in [0.3, 0.4) is 0 Å². The van der Waals surface area contributed by atoms with E-state index < -0.39 is 5.82 Å². The maximum absolute atomic E-state index is 13.8. The molecule has 0 spiro atoms. The Bertz CT molecular complexity index is 1040. The summed E-state index contributed by atoms with van der Waals surface area (Å²) in [6.45, 7) is 0. The summed E-state index contributed by atoms with van der Waals surface area (Å²) in [5, 5.41) is 10.0. The summed E-state index contributed by atoms with van der Waals surface area (Å²) in [5.74, 6) is 2.31. The molecule has 0 unspecified atom stereocenters. The number of rotatable bonds is 8. The Labute approximate surface area is 187 Å². The van der Waals surface area contributed by atoms with Gasteiger partial charge in [-0.05, 0) is 49.2 Å². The van der Waals surface area contributed by atoms with Gasteiger partial charge in [-0.3, -0.25) is 0 Å². The van der Waals surface area contributed by atoms with E-state index in [9.17, 15) is 4.39 Å². The minimum atomic E-state index is -0.415. The molecule has 1 aliphatic rings. The Hall–Kier alpha value is -3.55. The van der Waals surface area contributed by atoms with Gasteiger partial charge in [-0.1, -0.05) is 19.3 Å². The van der Waals surface area contributed by atoms with Gasteiger partial charge in [0.05, 0.1) is 14.2 Å². The molecule has 1 heterocycles. The monoisotopic (exact) mass is 437 g/mol. The quantitative estimate of drug-likeness (QED) is 0.407. The lowest BCUT2D eigenvalue weighted by Gasteiger charge is -2.23. The normalized spacial score (nSPS) is 14.0. The highest BCUT2D eigenvalue weighted by atomic mass is 19.1. The number of aromatic nitrogens is 2. The molecule has 2 aromatic carbocycles. The van der Waals surface area contributed by atoms with E-state index in [1.54, 1.807) is 19.2 Å². The first-order valence-corrected chi connectivity index (χ1v) is 10.8. The average Bonchev–Trinajstić information content (AvgIpc) is 2.81. The predicted octanol–water partition coefficient (Wildman–Crippen LogP) is 5.86. The number of hydrogen-bond donors (Lipinski definition) is 3. The fraction of sp³-hybridized carbons (Fsp3) is 0.333. The molecule has 3 aromatic rings. The van der Waals surface area contributed by atoms with Crippen molar-refractivity contribution in [2.24, 2.45) is 0 Å². The van der Waals surface area contributed by atoms with Crippen molar-refractivity contribution in [2.75, 3.05) is 30.2 Å². The summed E-state index contributed by atoms with van der Waals surface area (Å²) in [5.41, 5.74) is 1.54. The van der Waals surface area contributed by atoms with Crippen molar-refractivity contribution in [3.05, 3.63) is 54.3 Å². The van der Waals surface area contributed by atoms with Crippen molar-refractivity contribution >= 4 is 29.0 Å². The number of anilines is 5. The molecule has 3 N–H and O–H groups in total. The lowest BCUT2D eigenvalue weighted by Crippen LogP contribution is -2.23. The van der Waals surface area contributed by atoms with Gasteiger partial charge in [0.25, 0.3) is 0 Å². The van der Waals surface area contributed by atoms with Gasteiger partial charge in [-0.15, -0.1) is 0 Å². The molecule has 0 radical (unpaired) electrons. The number of benzene rings is 2. The zero-order valence-electron chi connectivity index (χ0n) is 18.3. The molecule has 0 saturated heterocycles. The first-order chi connectivity index (χ1) is 15.6. The summed E-state index contributed by atoms with van der Waals surface area (Å²) < 4.78 is 24.1. The highest BCUT2D eigenvalue weighted by Gasteiger charge is 2.15. The van der Waals surface area contributed by atoms with Gasteiger partial charge in [0.15, 0.2) is 11.6 Å². The fourth-order valence-corrected chi connectivity index (χ4v) is 3.78. The fourth-order valence-electron chi connectivity index (χ4n) is 3.78. The Kier molecular flexibility index (Phi) is 6.89. The average molecular weight is 438 g/mol. The van der Waals surface area contributed by atoms with Crippen LogP contribution in [0.5, 0.6) is 11.5 Å². The van der Waals surface area contributed by atoms with Crippen LogP contribution >= 0.6 is 0 Å². The minimum Gasteiger partial charge on any atom is -0.497 e. The summed E-state index contributed by atoms with van der Waals surface area (Å²) >= 11 is 0. The maximum Gasteiger partial charge on any atom is 0.226 e. The predicted molar refractivity (Wildman–Crippen MR) is 125 cm³/mol. The molecular weight excluding hydrogens is 409 g/mol. The van der Waals surface area contributed by atoms with E-state index in [-0.39, 0.29) is 5.75 Å². The lowest BCUT2D eigenvalue weighted by atomic mass is 9.96. The van der Waals surface area contributed by atoms with Crippen molar-refractivity contribution < 1.29 is 13.9 Å². The van der Waals surface area contributed by atoms with Crippen LogP contribution in [0.1, 0.15) is 32.1 Å². The highest BCUT2D eigenvalue weighted by molar-refractivity contribution is 5.66. The summed E-state index contributed by atoms with van der Waals surface area (Å²) in [6.07, 6.45) is 5.91. The molecule has 1 aromatic heterocycles. The second kappa shape index (κ2) is 10.2. The van der Waals surface area contributed by atoms with Crippen molar-refractivity contribution in [3.63, 3.8) is 0 Å². The van der Waals surface area contributed by atoms with Crippen LogP contribution in [0, 0.1) is 5.82 Å². The minimum absolute atomic E-state index is 0.168. The number of methoxy groups -OCH3 is 2. The maximum atomic E-state index is 13.8. The first kappa shape index (κ1) is 21.7. The van der Waals surface area contributed by atoms with E-state index in [2.05, 4.69) is 25.9 Å². The van der Waals surface area contributed by atoms with E-state index >= 15 is 0 Å². The molecule has 7 nitrogen and oxygen atoms in total. The van der Waals surface area contributed by atoms with Gasteiger partial charge in [-0.25, -0.2) is 4.39 Å². The Balaban J connectivity index is 1.59. The van der Waals surface area contributed by atoms with Crippen molar-refractivity contribution in [1.82, 2.24) is 9.97 Å². The summed E-state index contributed by atoms with van der Waals surface area (Å²) in [7, 11) is 3.08. The standard InChI is InChI=1S/C24H28FN5O2/c1-31-19-11-8-17(9-12-19)26-22-15-23(27-18-10-13-20(25)21(14-18)32-2)30-24(29-22)28-16-6-4-3-5-7-16/h8-16H,3-7H2,1-2H3,(H3,26,27,28,29,30). The molecular formula is C24H28FN5O2. The first-order valence-electron chi connectivity index (χ1n) is 10.8. The molecule has 4 rings (SSSR count). The second-order valence-corrected chi connectivity index (χ2v) is 7.77. The zero-order valence-corrected chi connectivity index (χ0v) is 18.3. The molecule has 1 saturated carbocycles. The van der Waals surface area contributed by atoms with Gasteiger partial charge in [0.1, 0.15) is 17.4 Å². The molecule has 32 heavy (non-hydrogen) atoms. The van der Waals surface area contributed by atoms with Crippen LogP contribution in [-0.4, -0.2) is 30.2 Å². The van der Waals surface area contributed by atoms with Crippen LogP contribution < -0.4 is 25.4 Å². The molecule has 0 atom stereocenters.